The zero-order valence-electron chi connectivity index (χ0n) is 11.8. The van der Waals surface area contributed by atoms with Gasteiger partial charge in [-0.3, -0.25) is 0 Å². The molecule has 0 aliphatic rings. The van der Waals surface area contributed by atoms with Crippen molar-refractivity contribution in [3.05, 3.63) is 52.0 Å². The quantitative estimate of drug-likeness (QED) is 0.759. The summed E-state index contributed by atoms with van der Waals surface area (Å²) in [5.74, 6) is 1.14. The molecule has 0 unspecified atom stereocenters. The minimum atomic E-state index is -3.70. The van der Waals surface area contributed by atoms with Crippen molar-refractivity contribution in [3.8, 4) is 5.75 Å². The highest BCUT2D eigenvalue weighted by Crippen LogP contribution is 2.20. The molecule has 0 amide bonds. The molecule has 0 spiro atoms. The molecule has 2 aromatic heterocycles. The highest BCUT2D eigenvalue weighted by atomic mass is 32.2. The molecule has 21 heavy (non-hydrogen) atoms. The molecule has 0 saturated carbocycles. The molecular formula is C14H16O6S. The van der Waals surface area contributed by atoms with E-state index in [0.717, 1.165) is 12.0 Å². The highest BCUT2D eigenvalue weighted by molar-refractivity contribution is 7.86. The zero-order valence-corrected chi connectivity index (χ0v) is 12.6. The number of furan rings is 1. The number of hydrogen-bond acceptors (Lipinski definition) is 6. The minimum Gasteiger partial charge on any atom is -0.469 e. The first-order valence-electron chi connectivity index (χ1n) is 6.40. The van der Waals surface area contributed by atoms with Crippen LogP contribution < -0.4 is 9.81 Å². The molecule has 0 atom stereocenters. The van der Waals surface area contributed by atoms with Crippen molar-refractivity contribution >= 4 is 10.1 Å². The molecule has 0 bridgehead atoms. The Morgan fingerprint density at radius 1 is 1.29 bits per heavy atom. The molecule has 6 nitrogen and oxygen atoms in total. The lowest BCUT2D eigenvalue weighted by Gasteiger charge is -2.08. The fourth-order valence-electron chi connectivity index (χ4n) is 1.97. The van der Waals surface area contributed by atoms with E-state index in [1.165, 1.54) is 6.07 Å². The predicted octanol–water partition coefficient (Wildman–Crippen LogP) is 2.05. The summed E-state index contributed by atoms with van der Waals surface area (Å²) in [6, 6.07) is 5.03. The predicted molar refractivity (Wildman–Crippen MR) is 75.9 cm³/mol. The van der Waals surface area contributed by atoms with Crippen molar-refractivity contribution in [2.75, 3.05) is 6.26 Å². The van der Waals surface area contributed by atoms with Crippen LogP contribution in [0.4, 0.5) is 0 Å². The lowest BCUT2D eigenvalue weighted by Crippen LogP contribution is -2.15. The van der Waals surface area contributed by atoms with Crippen LogP contribution in [0.2, 0.25) is 0 Å². The van der Waals surface area contributed by atoms with Crippen LogP contribution in [0.25, 0.3) is 0 Å². The van der Waals surface area contributed by atoms with Gasteiger partial charge in [-0.05, 0) is 31.9 Å². The fourth-order valence-corrected chi connectivity index (χ4v) is 2.44. The van der Waals surface area contributed by atoms with Crippen molar-refractivity contribution in [1.29, 1.82) is 0 Å². The highest BCUT2D eigenvalue weighted by Gasteiger charge is 2.16. The molecule has 2 heterocycles. The van der Waals surface area contributed by atoms with E-state index in [1.54, 1.807) is 19.3 Å². The Labute approximate surface area is 122 Å². The Morgan fingerprint density at radius 2 is 2.05 bits per heavy atom. The van der Waals surface area contributed by atoms with E-state index in [4.69, 9.17) is 13.0 Å². The Hall–Kier alpha value is -2.02. The smallest absolute Gasteiger partial charge is 0.342 e. The van der Waals surface area contributed by atoms with Gasteiger partial charge in [-0.2, -0.15) is 8.42 Å². The third kappa shape index (κ3) is 4.49. The van der Waals surface area contributed by atoms with Gasteiger partial charge in [0, 0.05) is 12.5 Å². The summed E-state index contributed by atoms with van der Waals surface area (Å²) >= 11 is 0. The standard InChI is InChI=1S/C14H16O6S/c1-10-9-13(20-21(2,16)17)12(14(15)19-10)7-3-5-11-6-4-8-18-11/h4,6,8-9H,3,5,7H2,1-2H3. The molecule has 0 saturated heterocycles. The van der Waals surface area contributed by atoms with Crippen LogP contribution in [0.1, 0.15) is 23.5 Å². The molecule has 0 radical (unpaired) electrons. The average Bonchev–Trinajstić information content (AvgIpc) is 2.83. The van der Waals surface area contributed by atoms with Crippen LogP contribution in [-0.2, 0) is 23.0 Å². The summed E-state index contributed by atoms with van der Waals surface area (Å²) in [4.78, 5) is 11.9. The van der Waals surface area contributed by atoms with Gasteiger partial charge in [0.25, 0.3) is 0 Å². The Bertz CT molecular complexity index is 755. The Balaban J connectivity index is 2.18. The van der Waals surface area contributed by atoms with E-state index < -0.39 is 15.7 Å². The maximum atomic E-state index is 11.9. The van der Waals surface area contributed by atoms with Crippen LogP contribution in [0, 0.1) is 6.92 Å². The maximum absolute atomic E-state index is 11.9. The van der Waals surface area contributed by atoms with Crippen LogP contribution >= 0.6 is 0 Å². The Morgan fingerprint density at radius 3 is 2.67 bits per heavy atom. The molecule has 7 heteroatoms. The number of hydrogen-bond donors (Lipinski definition) is 0. The third-order valence-corrected chi connectivity index (χ3v) is 3.29. The lowest BCUT2D eigenvalue weighted by atomic mass is 10.1. The molecule has 0 fully saturated rings. The van der Waals surface area contributed by atoms with Crippen molar-refractivity contribution in [3.63, 3.8) is 0 Å². The number of aryl methyl sites for hydroxylation is 2. The van der Waals surface area contributed by atoms with Crippen molar-refractivity contribution < 1.29 is 21.4 Å². The first-order valence-corrected chi connectivity index (χ1v) is 8.22. The topological polar surface area (TPSA) is 86.7 Å². The molecule has 2 rings (SSSR count). The summed E-state index contributed by atoms with van der Waals surface area (Å²) < 4.78 is 37.6. The van der Waals surface area contributed by atoms with Crippen LogP contribution in [0.15, 0.2) is 38.1 Å². The molecule has 114 valence electrons. The van der Waals surface area contributed by atoms with Crippen LogP contribution in [0.5, 0.6) is 5.75 Å². The molecule has 0 N–H and O–H groups in total. The summed E-state index contributed by atoms with van der Waals surface area (Å²) in [5.41, 5.74) is -0.356. The number of rotatable bonds is 6. The van der Waals surface area contributed by atoms with Crippen LogP contribution in [-0.4, -0.2) is 14.7 Å². The fraction of sp³-hybridized carbons (Fsp3) is 0.357. The van der Waals surface area contributed by atoms with E-state index in [-0.39, 0.29) is 11.3 Å². The van der Waals surface area contributed by atoms with E-state index in [9.17, 15) is 13.2 Å². The molecule has 2 aromatic rings. The van der Waals surface area contributed by atoms with E-state index in [2.05, 4.69) is 0 Å². The second-order valence-corrected chi connectivity index (χ2v) is 6.28. The van der Waals surface area contributed by atoms with Gasteiger partial charge >= 0.3 is 15.7 Å². The van der Waals surface area contributed by atoms with Gasteiger partial charge < -0.3 is 13.0 Å². The molecular weight excluding hydrogens is 296 g/mol. The SMILES string of the molecule is Cc1cc(OS(C)(=O)=O)c(CCCc2ccco2)c(=O)o1. The maximum Gasteiger partial charge on any atom is 0.342 e. The van der Waals surface area contributed by atoms with Gasteiger partial charge in [-0.15, -0.1) is 0 Å². The van der Waals surface area contributed by atoms with Crippen molar-refractivity contribution in [2.24, 2.45) is 0 Å². The van der Waals surface area contributed by atoms with Gasteiger partial charge in [-0.25, -0.2) is 4.79 Å². The summed E-state index contributed by atoms with van der Waals surface area (Å²) in [6.45, 7) is 1.56. The summed E-state index contributed by atoms with van der Waals surface area (Å²) in [6.07, 6.45) is 4.10. The van der Waals surface area contributed by atoms with E-state index in [1.807, 2.05) is 6.07 Å². The monoisotopic (exact) mass is 312 g/mol. The second-order valence-electron chi connectivity index (χ2n) is 4.71. The van der Waals surface area contributed by atoms with Gasteiger partial charge in [0.2, 0.25) is 0 Å². The van der Waals surface area contributed by atoms with Gasteiger partial charge in [0.1, 0.15) is 11.5 Å². The molecule has 0 aromatic carbocycles. The third-order valence-electron chi connectivity index (χ3n) is 2.80. The molecule has 0 aliphatic heterocycles. The van der Waals surface area contributed by atoms with Crippen molar-refractivity contribution in [1.82, 2.24) is 0 Å². The normalized spacial score (nSPS) is 11.5. The molecule has 0 aliphatic carbocycles. The minimum absolute atomic E-state index is 0.0331. The van der Waals surface area contributed by atoms with Gasteiger partial charge in [0.05, 0.1) is 18.1 Å². The first-order chi connectivity index (χ1) is 9.85. The van der Waals surface area contributed by atoms with Crippen LogP contribution in [0.3, 0.4) is 0 Å². The summed E-state index contributed by atoms with van der Waals surface area (Å²) in [7, 11) is -3.70. The van der Waals surface area contributed by atoms with E-state index >= 15 is 0 Å². The average molecular weight is 312 g/mol. The summed E-state index contributed by atoms with van der Waals surface area (Å²) in [5, 5.41) is 0. The van der Waals surface area contributed by atoms with Gasteiger partial charge in [-0.1, -0.05) is 0 Å². The Kier molecular flexibility index (Phi) is 4.52. The van der Waals surface area contributed by atoms with E-state index in [0.29, 0.717) is 25.0 Å². The second kappa shape index (κ2) is 6.17. The largest absolute Gasteiger partial charge is 0.469 e. The van der Waals surface area contributed by atoms with Crippen molar-refractivity contribution in [2.45, 2.75) is 26.2 Å². The zero-order chi connectivity index (χ0) is 15.5. The van der Waals surface area contributed by atoms with Gasteiger partial charge in [0.15, 0.2) is 5.75 Å². The first kappa shape index (κ1) is 15.4. The lowest BCUT2D eigenvalue weighted by molar-refractivity contribution is 0.442.